The summed E-state index contributed by atoms with van der Waals surface area (Å²) in [6.45, 7) is 9.00. The van der Waals surface area contributed by atoms with Crippen LogP contribution in [0.4, 0.5) is 0 Å². The molecule has 25 heavy (non-hydrogen) atoms. The third-order valence-corrected chi connectivity index (χ3v) is 5.98. The number of aromatic nitrogens is 2. The minimum absolute atomic E-state index is 0.282. The molecular formula is C20H28N4O. The number of hydrogen-bond donors (Lipinski definition) is 0. The standard InChI is InChI=1S/C20H28N4O/c1-15(2)24-12-6-9-20(19(24)25)8-5-11-23(20)14-17-13-22-10-4-7-16(3)18(22)21-17/h4,7,10,13,15H,5-6,8-9,11-12,14H2,1-3H3. The van der Waals surface area contributed by atoms with E-state index in [1.165, 1.54) is 5.56 Å². The Balaban J connectivity index is 1.62. The van der Waals surface area contributed by atoms with Gasteiger partial charge in [0.15, 0.2) is 0 Å². The van der Waals surface area contributed by atoms with Gasteiger partial charge in [0, 0.05) is 31.5 Å². The van der Waals surface area contributed by atoms with Crippen molar-refractivity contribution in [2.24, 2.45) is 0 Å². The molecular weight excluding hydrogens is 312 g/mol. The van der Waals surface area contributed by atoms with Gasteiger partial charge in [-0.2, -0.15) is 0 Å². The largest absolute Gasteiger partial charge is 0.339 e. The Kier molecular flexibility index (Phi) is 4.07. The van der Waals surface area contributed by atoms with E-state index >= 15 is 0 Å². The maximum atomic E-state index is 13.3. The van der Waals surface area contributed by atoms with E-state index in [0.717, 1.165) is 56.7 Å². The quantitative estimate of drug-likeness (QED) is 0.862. The SMILES string of the molecule is Cc1cccn2cc(CN3CCCC34CCCN(C(C)C)C4=O)nc12. The van der Waals surface area contributed by atoms with Crippen molar-refractivity contribution >= 4 is 11.6 Å². The number of fused-ring (bicyclic) bond motifs is 1. The molecule has 2 aromatic rings. The van der Waals surface area contributed by atoms with E-state index in [-0.39, 0.29) is 11.6 Å². The fraction of sp³-hybridized carbons (Fsp3) is 0.600. The third kappa shape index (κ3) is 2.65. The van der Waals surface area contributed by atoms with E-state index in [1.807, 2.05) is 6.20 Å². The molecule has 0 radical (unpaired) electrons. The molecule has 2 aliphatic rings. The molecule has 5 nitrogen and oxygen atoms in total. The predicted octanol–water partition coefficient (Wildman–Crippen LogP) is 3.01. The fourth-order valence-electron chi connectivity index (χ4n) is 4.68. The number of hydrogen-bond acceptors (Lipinski definition) is 3. The zero-order valence-electron chi connectivity index (χ0n) is 15.5. The van der Waals surface area contributed by atoms with Crippen molar-refractivity contribution < 1.29 is 4.79 Å². The summed E-state index contributed by atoms with van der Waals surface area (Å²) in [7, 11) is 0. The van der Waals surface area contributed by atoms with Gasteiger partial charge in [0.05, 0.1) is 5.69 Å². The molecule has 4 heterocycles. The summed E-state index contributed by atoms with van der Waals surface area (Å²) in [6, 6.07) is 4.43. The Hall–Kier alpha value is -1.88. The molecule has 1 atom stereocenters. The number of imidazole rings is 1. The van der Waals surface area contributed by atoms with Crippen molar-refractivity contribution in [2.75, 3.05) is 13.1 Å². The lowest BCUT2D eigenvalue weighted by Crippen LogP contribution is -2.61. The Bertz CT molecular complexity index is 796. The number of amides is 1. The lowest BCUT2D eigenvalue weighted by atomic mass is 9.84. The Labute approximate surface area is 149 Å². The highest BCUT2D eigenvalue weighted by atomic mass is 16.2. The third-order valence-electron chi connectivity index (χ3n) is 5.98. The van der Waals surface area contributed by atoms with Gasteiger partial charge in [-0.25, -0.2) is 4.98 Å². The van der Waals surface area contributed by atoms with Gasteiger partial charge >= 0.3 is 0 Å². The first kappa shape index (κ1) is 16.6. The number of nitrogens with zero attached hydrogens (tertiary/aromatic N) is 4. The van der Waals surface area contributed by atoms with Crippen LogP contribution in [0.25, 0.3) is 5.65 Å². The molecule has 2 aromatic heterocycles. The summed E-state index contributed by atoms with van der Waals surface area (Å²) in [4.78, 5) is 22.6. The van der Waals surface area contributed by atoms with Gasteiger partial charge in [-0.1, -0.05) is 6.07 Å². The van der Waals surface area contributed by atoms with Crippen LogP contribution in [-0.2, 0) is 11.3 Å². The highest BCUT2D eigenvalue weighted by Gasteiger charge is 2.51. The fourth-order valence-corrected chi connectivity index (χ4v) is 4.68. The van der Waals surface area contributed by atoms with Crippen molar-refractivity contribution in [2.45, 2.75) is 64.6 Å². The molecule has 134 valence electrons. The number of likely N-dealkylation sites (tertiary alicyclic amines) is 2. The second kappa shape index (κ2) is 6.13. The van der Waals surface area contributed by atoms with Crippen LogP contribution in [-0.4, -0.2) is 49.8 Å². The van der Waals surface area contributed by atoms with Gasteiger partial charge in [0.2, 0.25) is 5.91 Å². The molecule has 0 saturated carbocycles. The first-order valence-electron chi connectivity index (χ1n) is 9.50. The molecule has 1 spiro atoms. The number of piperidine rings is 1. The number of rotatable bonds is 3. The molecule has 1 unspecified atom stereocenters. The molecule has 5 heteroatoms. The van der Waals surface area contributed by atoms with Crippen LogP contribution in [0.1, 0.15) is 50.8 Å². The summed E-state index contributed by atoms with van der Waals surface area (Å²) in [5.74, 6) is 0.339. The van der Waals surface area contributed by atoms with Crippen molar-refractivity contribution in [3.63, 3.8) is 0 Å². The van der Waals surface area contributed by atoms with Crippen molar-refractivity contribution in [1.82, 2.24) is 19.2 Å². The minimum Gasteiger partial charge on any atom is -0.339 e. The summed E-state index contributed by atoms with van der Waals surface area (Å²) < 4.78 is 2.09. The molecule has 2 fully saturated rings. The molecule has 0 N–H and O–H groups in total. The molecule has 0 bridgehead atoms. The summed E-state index contributed by atoms with van der Waals surface area (Å²) in [5.41, 5.74) is 2.96. The minimum atomic E-state index is -0.298. The normalized spacial score (nSPS) is 25.0. The van der Waals surface area contributed by atoms with Gasteiger partial charge in [-0.05, 0) is 64.6 Å². The Morgan fingerprint density at radius 3 is 2.72 bits per heavy atom. The second-order valence-corrected chi connectivity index (χ2v) is 7.91. The van der Waals surface area contributed by atoms with Crippen LogP contribution < -0.4 is 0 Å². The Morgan fingerprint density at radius 1 is 1.24 bits per heavy atom. The Morgan fingerprint density at radius 2 is 2.00 bits per heavy atom. The molecule has 1 amide bonds. The van der Waals surface area contributed by atoms with Crippen LogP contribution in [0.3, 0.4) is 0 Å². The maximum Gasteiger partial charge on any atom is 0.243 e. The number of carbonyl (C=O) groups is 1. The number of aryl methyl sites for hydroxylation is 1. The van der Waals surface area contributed by atoms with E-state index in [4.69, 9.17) is 4.98 Å². The van der Waals surface area contributed by atoms with Gasteiger partial charge < -0.3 is 9.30 Å². The first-order valence-corrected chi connectivity index (χ1v) is 9.50. The first-order chi connectivity index (χ1) is 12.0. The van der Waals surface area contributed by atoms with Gasteiger partial charge in [-0.15, -0.1) is 0 Å². The molecule has 2 saturated heterocycles. The summed E-state index contributed by atoms with van der Waals surface area (Å²) >= 11 is 0. The van der Waals surface area contributed by atoms with E-state index < -0.39 is 0 Å². The molecule has 0 aromatic carbocycles. The van der Waals surface area contributed by atoms with E-state index in [9.17, 15) is 4.79 Å². The van der Waals surface area contributed by atoms with Gasteiger partial charge in [-0.3, -0.25) is 9.69 Å². The van der Waals surface area contributed by atoms with Crippen molar-refractivity contribution in [1.29, 1.82) is 0 Å². The highest BCUT2D eigenvalue weighted by molar-refractivity contribution is 5.87. The predicted molar refractivity (Wildman–Crippen MR) is 98.4 cm³/mol. The monoisotopic (exact) mass is 340 g/mol. The average Bonchev–Trinajstić information content (AvgIpc) is 3.16. The highest BCUT2D eigenvalue weighted by Crippen LogP contribution is 2.39. The molecule has 0 aliphatic carbocycles. The van der Waals surface area contributed by atoms with Gasteiger partial charge in [0.25, 0.3) is 0 Å². The van der Waals surface area contributed by atoms with Gasteiger partial charge in [0.1, 0.15) is 11.2 Å². The van der Waals surface area contributed by atoms with E-state index in [1.54, 1.807) is 0 Å². The van der Waals surface area contributed by atoms with Crippen LogP contribution in [0, 0.1) is 6.92 Å². The number of pyridine rings is 1. The van der Waals surface area contributed by atoms with E-state index in [2.05, 4.69) is 53.3 Å². The zero-order valence-corrected chi connectivity index (χ0v) is 15.5. The van der Waals surface area contributed by atoms with E-state index in [0.29, 0.717) is 5.91 Å². The zero-order chi connectivity index (χ0) is 17.6. The second-order valence-electron chi connectivity index (χ2n) is 7.91. The molecule has 2 aliphatic heterocycles. The lowest BCUT2D eigenvalue weighted by molar-refractivity contribution is -0.149. The average molecular weight is 340 g/mol. The van der Waals surface area contributed by atoms with Crippen LogP contribution in [0.2, 0.25) is 0 Å². The maximum absolute atomic E-state index is 13.3. The summed E-state index contributed by atoms with van der Waals surface area (Å²) in [6.07, 6.45) is 8.34. The lowest BCUT2D eigenvalue weighted by Gasteiger charge is -2.46. The van der Waals surface area contributed by atoms with Crippen molar-refractivity contribution in [3.8, 4) is 0 Å². The van der Waals surface area contributed by atoms with Crippen molar-refractivity contribution in [3.05, 3.63) is 35.8 Å². The van der Waals surface area contributed by atoms with Crippen LogP contribution >= 0.6 is 0 Å². The van der Waals surface area contributed by atoms with Crippen LogP contribution in [0.5, 0.6) is 0 Å². The molecule has 4 rings (SSSR count). The topological polar surface area (TPSA) is 40.9 Å². The number of carbonyl (C=O) groups excluding carboxylic acids is 1. The smallest absolute Gasteiger partial charge is 0.243 e. The summed E-state index contributed by atoms with van der Waals surface area (Å²) in [5, 5.41) is 0. The van der Waals surface area contributed by atoms with Crippen LogP contribution in [0.15, 0.2) is 24.5 Å².